The molecule has 2 aromatic heterocycles. The number of hydrogen-bond acceptors (Lipinski definition) is 9. The van der Waals surface area contributed by atoms with E-state index in [0.29, 0.717) is 5.95 Å². The minimum Gasteiger partial charge on any atom is -0.494 e. The molecule has 1 saturated heterocycles. The number of rotatable bonds is 10. The average molecular weight is 585 g/mol. The van der Waals surface area contributed by atoms with E-state index in [2.05, 4.69) is 30.6 Å². The highest BCUT2D eigenvalue weighted by Crippen LogP contribution is 2.32. The number of halogens is 5. The first-order valence-corrected chi connectivity index (χ1v) is 10.8. The first-order chi connectivity index (χ1) is 16.6. The molecule has 0 radical (unpaired) electrons. The fourth-order valence-electron chi connectivity index (χ4n) is 3.53. The van der Waals surface area contributed by atoms with Crippen molar-refractivity contribution < 1.29 is 23.0 Å². The predicted octanol–water partition coefficient (Wildman–Crippen LogP) is 3.46. The van der Waals surface area contributed by atoms with Gasteiger partial charge in [-0.25, -0.2) is 18.7 Å². The van der Waals surface area contributed by atoms with Crippen molar-refractivity contribution in [3.8, 4) is 17.2 Å². The second-order valence-corrected chi connectivity index (χ2v) is 7.63. The van der Waals surface area contributed by atoms with Crippen molar-refractivity contribution in [3.63, 3.8) is 0 Å². The number of aromatic nitrogens is 4. The van der Waals surface area contributed by atoms with Gasteiger partial charge in [0, 0.05) is 45.0 Å². The maximum absolute atomic E-state index is 14.5. The van der Waals surface area contributed by atoms with Crippen LogP contribution in [0.1, 0.15) is 5.56 Å². The van der Waals surface area contributed by atoms with E-state index in [0.717, 1.165) is 51.0 Å². The van der Waals surface area contributed by atoms with E-state index < -0.39 is 11.6 Å². The Morgan fingerprint density at radius 2 is 1.57 bits per heavy atom. The smallest absolute Gasteiger partial charge is 0.227 e. The van der Waals surface area contributed by atoms with Crippen molar-refractivity contribution in [2.45, 2.75) is 13.2 Å². The lowest BCUT2D eigenvalue weighted by Crippen LogP contribution is -2.44. The second-order valence-electron chi connectivity index (χ2n) is 7.63. The summed E-state index contributed by atoms with van der Waals surface area (Å²) < 4.78 is 46.2. The van der Waals surface area contributed by atoms with Gasteiger partial charge in [-0.15, -0.1) is 37.2 Å². The lowest BCUT2D eigenvalue weighted by Gasteiger charge is -2.26. The summed E-state index contributed by atoms with van der Waals surface area (Å²) >= 11 is 0. The zero-order valence-electron chi connectivity index (χ0n) is 20.3. The molecule has 3 heterocycles. The Kier molecular flexibility index (Phi) is 13.6. The predicted molar refractivity (Wildman–Crippen MR) is 142 cm³/mol. The maximum atomic E-state index is 14.5. The zero-order valence-corrected chi connectivity index (χ0v) is 22.7. The number of methoxy groups -OCH3 is 2. The third-order valence-electron chi connectivity index (χ3n) is 5.42. The highest BCUT2D eigenvalue weighted by molar-refractivity contribution is 5.86. The highest BCUT2D eigenvalue weighted by Gasteiger charge is 2.20. The van der Waals surface area contributed by atoms with Gasteiger partial charge in [0.25, 0.3) is 0 Å². The van der Waals surface area contributed by atoms with Crippen molar-refractivity contribution in [1.82, 2.24) is 30.0 Å². The molecule has 3 aromatic rings. The molecule has 2 N–H and O–H groups in total. The number of ether oxygens (including phenoxy) is 3. The molecule has 0 atom stereocenters. The summed E-state index contributed by atoms with van der Waals surface area (Å²) in [7, 11) is 2.58. The summed E-state index contributed by atoms with van der Waals surface area (Å²) in [5.74, 6) is -1.39. The molecule has 1 aromatic carbocycles. The van der Waals surface area contributed by atoms with Crippen LogP contribution in [0.25, 0.3) is 0 Å². The van der Waals surface area contributed by atoms with Gasteiger partial charge < -0.3 is 24.8 Å². The maximum Gasteiger partial charge on any atom is 0.227 e. The Labute approximate surface area is 232 Å². The van der Waals surface area contributed by atoms with Crippen molar-refractivity contribution >= 4 is 48.9 Å². The SMILES string of the molecule is COc1cc(OC)c(F)c(COc2cnc(Nc3cnn(CCN4CCNCC4)c3)nc2)c1F.Cl.Cl.Cl. The van der Waals surface area contributed by atoms with Gasteiger partial charge in [0.2, 0.25) is 5.95 Å². The van der Waals surface area contributed by atoms with Crippen molar-refractivity contribution in [1.29, 1.82) is 0 Å². The molecule has 15 heteroatoms. The molecule has 206 valence electrons. The highest BCUT2D eigenvalue weighted by atomic mass is 35.5. The number of nitrogens with zero attached hydrogens (tertiary/aromatic N) is 5. The van der Waals surface area contributed by atoms with E-state index in [1.54, 1.807) is 6.20 Å². The normalized spacial score (nSPS) is 13.0. The number of piperazine rings is 1. The molecule has 0 saturated carbocycles. The van der Waals surface area contributed by atoms with Crippen LogP contribution in [0, 0.1) is 11.6 Å². The fourth-order valence-corrected chi connectivity index (χ4v) is 3.53. The molecule has 1 aliphatic rings. The van der Waals surface area contributed by atoms with E-state index in [4.69, 9.17) is 14.2 Å². The summed E-state index contributed by atoms with van der Waals surface area (Å²) in [5.41, 5.74) is 0.438. The van der Waals surface area contributed by atoms with E-state index in [1.165, 1.54) is 26.6 Å². The van der Waals surface area contributed by atoms with Gasteiger partial charge in [-0.05, 0) is 0 Å². The minimum absolute atomic E-state index is 0. The van der Waals surface area contributed by atoms with Crippen LogP contribution in [-0.4, -0.2) is 71.6 Å². The van der Waals surface area contributed by atoms with Crippen molar-refractivity contribution in [2.75, 3.05) is 52.3 Å². The first kappa shape index (κ1) is 32.4. The van der Waals surface area contributed by atoms with Gasteiger partial charge >= 0.3 is 0 Å². The van der Waals surface area contributed by atoms with Crippen LogP contribution in [0.15, 0.2) is 30.9 Å². The quantitative estimate of drug-likeness (QED) is 0.371. The number of nitrogens with one attached hydrogen (secondary N) is 2. The standard InChI is InChI=1S/C22H27F2N7O3.3ClH/c1-32-18-9-19(33-2)21(24)17(20(18)23)14-34-16-11-26-22(27-12-16)29-15-10-28-31(13-15)8-7-30-5-3-25-4-6-30;;;/h9-13,25H,3-8,14H2,1-2H3,(H,26,27,29);3*1H. The summed E-state index contributed by atoms with van der Waals surface area (Å²) in [4.78, 5) is 10.8. The molecule has 0 spiro atoms. The molecule has 0 bridgehead atoms. The van der Waals surface area contributed by atoms with Crippen LogP contribution < -0.4 is 24.8 Å². The molecule has 4 rings (SSSR count). The number of hydrogen-bond donors (Lipinski definition) is 2. The van der Waals surface area contributed by atoms with Crippen LogP contribution in [0.3, 0.4) is 0 Å². The van der Waals surface area contributed by atoms with Gasteiger partial charge in [-0.1, -0.05) is 0 Å². The summed E-state index contributed by atoms with van der Waals surface area (Å²) in [6.45, 7) is 5.45. The molecule has 0 amide bonds. The Bertz CT molecular complexity index is 1080. The third-order valence-corrected chi connectivity index (χ3v) is 5.42. The van der Waals surface area contributed by atoms with Crippen LogP contribution in [0.5, 0.6) is 17.2 Å². The van der Waals surface area contributed by atoms with E-state index in [-0.39, 0.29) is 66.6 Å². The second kappa shape index (κ2) is 15.6. The largest absolute Gasteiger partial charge is 0.494 e. The van der Waals surface area contributed by atoms with E-state index >= 15 is 0 Å². The van der Waals surface area contributed by atoms with Crippen molar-refractivity contribution in [3.05, 3.63) is 48.1 Å². The van der Waals surface area contributed by atoms with Gasteiger partial charge in [-0.3, -0.25) is 9.58 Å². The van der Waals surface area contributed by atoms with Gasteiger partial charge in [-0.2, -0.15) is 5.10 Å². The van der Waals surface area contributed by atoms with Crippen LogP contribution in [0.2, 0.25) is 0 Å². The van der Waals surface area contributed by atoms with E-state index in [9.17, 15) is 8.78 Å². The molecular weight excluding hydrogens is 555 g/mol. The molecule has 10 nitrogen and oxygen atoms in total. The lowest BCUT2D eigenvalue weighted by molar-refractivity contribution is 0.229. The molecule has 0 unspecified atom stereocenters. The molecular formula is C22H30Cl3F2N7O3. The Morgan fingerprint density at radius 1 is 0.946 bits per heavy atom. The third kappa shape index (κ3) is 8.44. The molecule has 1 fully saturated rings. The molecule has 1 aliphatic heterocycles. The van der Waals surface area contributed by atoms with Crippen LogP contribution in [-0.2, 0) is 13.2 Å². The Balaban J connectivity index is 0.00000228. The topological polar surface area (TPSA) is 98.6 Å². The number of anilines is 2. The average Bonchev–Trinajstić information content (AvgIpc) is 3.32. The minimum atomic E-state index is -0.853. The lowest BCUT2D eigenvalue weighted by atomic mass is 10.1. The van der Waals surface area contributed by atoms with Gasteiger partial charge in [0.05, 0.1) is 50.6 Å². The molecule has 0 aliphatic carbocycles. The zero-order chi connectivity index (χ0) is 23.9. The Morgan fingerprint density at radius 3 is 2.16 bits per heavy atom. The summed E-state index contributed by atoms with van der Waals surface area (Å²) in [6.07, 6.45) is 6.42. The van der Waals surface area contributed by atoms with Crippen molar-refractivity contribution in [2.24, 2.45) is 0 Å². The Hall–Kier alpha value is -2.64. The first-order valence-electron chi connectivity index (χ1n) is 10.8. The summed E-state index contributed by atoms with van der Waals surface area (Å²) in [6, 6.07) is 1.14. The number of benzene rings is 1. The van der Waals surface area contributed by atoms with E-state index in [1.807, 2.05) is 10.9 Å². The van der Waals surface area contributed by atoms with Gasteiger partial charge in [0.15, 0.2) is 28.9 Å². The fraction of sp³-hybridized carbons (Fsp3) is 0.409. The molecule has 37 heavy (non-hydrogen) atoms. The monoisotopic (exact) mass is 583 g/mol. The van der Waals surface area contributed by atoms with Gasteiger partial charge in [0.1, 0.15) is 6.61 Å². The van der Waals surface area contributed by atoms with Crippen LogP contribution >= 0.6 is 37.2 Å². The summed E-state index contributed by atoms with van der Waals surface area (Å²) in [5, 5.41) is 10.8. The van der Waals surface area contributed by atoms with Crippen LogP contribution in [0.4, 0.5) is 20.4 Å².